The second kappa shape index (κ2) is 5.82. The molecule has 0 atom stereocenters. The van der Waals surface area contributed by atoms with Crippen LogP contribution < -0.4 is 0 Å². The zero-order valence-electron chi connectivity index (χ0n) is 13.1. The number of hydrogen-bond donors (Lipinski definition) is 2. The molecule has 0 aliphatic carbocycles. The summed E-state index contributed by atoms with van der Waals surface area (Å²) in [5.74, 6) is 0.554. The molecular formula is C18H15N5O. The third-order valence-electron chi connectivity index (χ3n) is 3.78. The fraction of sp³-hybridized carbons (Fsp3) is 0.111. The van der Waals surface area contributed by atoms with Crippen molar-refractivity contribution in [1.82, 2.24) is 24.9 Å². The number of fused-ring (bicyclic) bond motifs is 1. The van der Waals surface area contributed by atoms with Crippen molar-refractivity contribution < 1.29 is 5.11 Å². The van der Waals surface area contributed by atoms with Crippen LogP contribution in [0.4, 0.5) is 0 Å². The zero-order chi connectivity index (χ0) is 16.5. The number of aliphatic hydroxyl groups is 1. The number of aliphatic hydroxyl groups excluding tert-OH is 1. The van der Waals surface area contributed by atoms with Gasteiger partial charge in [0.15, 0.2) is 5.82 Å². The first-order chi connectivity index (χ1) is 11.7. The molecule has 0 saturated heterocycles. The van der Waals surface area contributed by atoms with Gasteiger partial charge < -0.3 is 10.1 Å². The van der Waals surface area contributed by atoms with Gasteiger partial charge in [0.2, 0.25) is 0 Å². The molecule has 0 aliphatic rings. The second-order valence-electron chi connectivity index (χ2n) is 5.54. The van der Waals surface area contributed by atoms with E-state index in [-0.39, 0.29) is 6.61 Å². The Kier molecular flexibility index (Phi) is 3.51. The van der Waals surface area contributed by atoms with Crippen molar-refractivity contribution in [1.29, 1.82) is 0 Å². The Morgan fingerprint density at radius 3 is 2.83 bits per heavy atom. The van der Waals surface area contributed by atoms with E-state index < -0.39 is 0 Å². The maximum Gasteiger partial charge on any atom is 0.180 e. The summed E-state index contributed by atoms with van der Waals surface area (Å²) in [4.78, 5) is 21.1. The van der Waals surface area contributed by atoms with Crippen molar-refractivity contribution >= 4 is 11.0 Å². The summed E-state index contributed by atoms with van der Waals surface area (Å²) in [7, 11) is 0. The highest BCUT2D eigenvalue weighted by Crippen LogP contribution is 2.28. The largest absolute Gasteiger partial charge is 0.392 e. The molecule has 0 amide bonds. The Labute approximate surface area is 138 Å². The van der Waals surface area contributed by atoms with Gasteiger partial charge in [0.05, 0.1) is 12.3 Å². The van der Waals surface area contributed by atoms with Crippen molar-refractivity contribution in [2.45, 2.75) is 13.5 Å². The van der Waals surface area contributed by atoms with Gasteiger partial charge in [-0.2, -0.15) is 0 Å². The molecule has 0 fully saturated rings. The number of aromatic nitrogens is 5. The van der Waals surface area contributed by atoms with Gasteiger partial charge in [-0.3, -0.25) is 4.98 Å². The van der Waals surface area contributed by atoms with Crippen LogP contribution in [0.3, 0.4) is 0 Å². The van der Waals surface area contributed by atoms with Crippen molar-refractivity contribution in [3.8, 4) is 22.8 Å². The van der Waals surface area contributed by atoms with Crippen LogP contribution in [0.25, 0.3) is 33.8 Å². The van der Waals surface area contributed by atoms with Crippen LogP contribution in [0.1, 0.15) is 11.3 Å². The summed E-state index contributed by atoms with van der Waals surface area (Å²) in [6, 6.07) is 9.59. The van der Waals surface area contributed by atoms with Crippen molar-refractivity contribution in [2.24, 2.45) is 0 Å². The minimum Gasteiger partial charge on any atom is -0.392 e. The lowest BCUT2D eigenvalue weighted by atomic mass is 10.1. The van der Waals surface area contributed by atoms with Crippen molar-refractivity contribution in [2.75, 3.05) is 0 Å². The lowest BCUT2D eigenvalue weighted by Gasteiger charge is -2.07. The number of nitrogens with zero attached hydrogens (tertiary/aromatic N) is 4. The Morgan fingerprint density at radius 2 is 2.00 bits per heavy atom. The molecule has 6 nitrogen and oxygen atoms in total. The number of aromatic amines is 1. The van der Waals surface area contributed by atoms with Crippen LogP contribution in [0.2, 0.25) is 0 Å². The number of hydrogen-bond acceptors (Lipinski definition) is 5. The van der Waals surface area contributed by atoms with Gasteiger partial charge in [0, 0.05) is 35.2 Å². The van der Waals surface area contributed by atoms with Crippen LogP contribution in [0, 0.1) is 6.92 Å². The Balaban J connectivity index is 1.95. The average Bonchev–Trinajstić information content (AvgIpc) is 3.09. The van der Waals surface area contributed by atoms with E-state index >= 15 is 0 Å². The molecule has 118 valence electrons. The van der Waals surface area contributed by atoms with E-state index in [1.807, 2.05) is 43.5 Å². The fourth-order valence-corrected chi connectivity index (χ4v) is 2.65. The first-order valence-electron chi connectivity index (χ1n) is 7.59. The molecule has 0 bridgehead atoms. The Morgan fingerprint density at radius 1 is 1.08 bits per heavy atom. The molecule has 24 heavy (non-hydrogen) atoms. The first-order valence-corrected chi connectivity index (χ1v) is 7.59. The predicted octanol–water partition coefficient (Wildman–Crippen LogP) is 2.88. The average molecular weight is 317 g/mol. The monoisotopic (exact) mass is 317 g/mol. The van der Waals surface area contributed by atoms with Gasteiger partial charge in [0.25, 0.3) is 0 Å². The molecule has 0 aromatic carbocycles. The molecule has 4 aromatic heterocycles. The summed E-state index contributed by atoms with van der Waals surface area (Å²) in [5.41, 5.74) is 4.72. The quantitative estimate of drug-likeness (QED) is 0.606. The molecule has 0 radical (unpaired) electrons. The third-order valence-corrected chi connectivity index (χ3v) is 3.78. The minimum atomic E-state index is -0.0610. The van der Waals surface area contributed by atoms with Crippen LogP contribution in [-0.4, -0.2) is 30.0 Å². The summed E-state index contributed by atoms with van der Waals surface area (Å²) >= 11 is 0. The van der Waals surface area contributed by atoms with E-state index in [1.54, 1.807) is 12.4 Å². The molecule has 4 rings (SSSR count). The molecule has 0 aliphatic heterocycles. The van der Waals surface area contributed by atoms with Crippen LogP contribution in [0.5, 0.6) is 0 Å². The highest BCUT2D eigenvalue weighted by Gasteiger charge is 2.13. The molecule has 0 saturated carbocycles. The molecule has 0 spiro atoms. The minimum absolute atomic E-state index is 0.0610. The van der Waals surface area contributed by atoms with Gasteiger partial charge in [-0.05, 0) is 36.8 Å². The van der Waals surface area contributed by atoms with Gasteiger partial charge in [-0.25, -0.2) is 15.0 Å². The number of pyridine rings is 2. The van der Waals surface area contributed by atoms with Crippen molar-refractivity contribution in [3.63, 3.8) is 0 Å². The number of rotatable bonds is 3. The molecular weight excluding hydrogens is 302 g/mol. The summed E-state index contributed by atoms with van der Waals surface area (Å²) in [6.07, 6.45) is 5.21. The maximum absolute atomic E-state index is 9.36. The molecule has 6 heteroatoms. The normalized spacial score (nSPS) is 11.1. The van der Waals surface area contributed by atoms with E-state index in [0.717, 1.165) is 39.2 Å². The van der Waals surface area contributed by atoms with Gasteiger partial charge in [-0.15, -0.1) is 0 Å². The van der Waals surface area contributed by atoms with Gasteiger partial charge >= 0.3 is 0 Å². The highest BCUT2D eigenvalue weighted by molar-refractivity contribution is 5.91. The molecule has 2 N–H and O–H groups in total. The van der Waals surface area contributed by atoms with E-state index in [0.29, 0.717) is 5.82 Å². The van der Waals surface area contributed by atoms with Gasteiger partial charge in [-0.1, -0.05) is 6.07 Å². The Bertz CT molecular complexity index is 1020. The Hall–Kier alpha value is -3.12. The molecule has 0 unspecified atom stereocenters. The summed E-state index contributed by atoms with van der Waals surface area (Å²) < 4.78 is 0. The lowest BCUT2D eigenvalue weighted by Crippen LogP contribution is -1.97. The zero-order valence-corrected chi connectivity index (χ0v) is 13.1. The van der Waals surface area contributed by atoms with Gasteiger partial charge in [0.1, 0.15) is 11.3 Å². The third kappa shape index (κ3) is 2.53. The number of H-pyrrole nitrogens is 1. The van der Waals surface area contributed by atoms with Crippen LogP contribution >= 0.6 is 0 Å². The van der Waals surface area contributed by atoms with E-state index in [4.69, 9.17) is 4.98 Å². The topological polar surface area (TPSA) is 87.6 Å². The lowest BCUT2D eigenvalue weighted by molar-refractivity contribution is 0.281. The number of nitrogens with one attached hydrogen (secondary N) is 1. The second-order valence-corrected chi connectivity index (χ2v) is 5.54. The maximum atomic E-state index is 9.36. The summed E-state index contributed by atoms with van der Waals surface area (Å²) in [6.45, 7) is 1.88. The summed E-state index contributed by atoms with van der Waals surface area (Å²) in [5, 5.41) is 10.3. The first kappa shape index (κ1) is 14.5. The van der Waals surface area contributed by atoms with Crippen LogP contribution in [-0.2, 0) is 6.61 Å². The predicted molar refractivity (Wildman–Crippen MR) is 91.0 cm³/mol. The molecule has 4 heterocycles. The SMILES string of the molecule is Cc1cccc(-c2nc(-c3cncc(CO)c3)c3cc[nH]c3n2)n1. The fourth-order valence-electron chi connectivity index (χ4n) is 2.65. The van der Waals surface area contributed by atoms with Crippen LogP contribution in [0.15, 0.2) is 48.9 Å². The van der Waals surface area contributed by atoms with E-state index in [1.165, 1.54) is 0 Å². The number of aryl methyl sites for hydroxylation is 1. The molecule has 4 aromatic rings. The smallest absolute Gasteiger partial charge is 0.180 e. The standard InChI is InChI=1S/C18H15N5O/c1-11-3-2-4-15(21-11)18-22-16(14-5-6-20-17(14)23-18)13-7-12(10-24)8-19-9-13/h2-9,24H,10H2,1H3,(H,20,22,23). The van der Waals surface area contributed by atoms with E-state index in [2.05, 4.69) is 19.9 Å². The van der Waals surface area contributed by atoms with Crippen molar-refractivity contribution in [3.05, 3.63) is 60.2 Å². The highest BCUT2D eigenvalue weighted by atomic mass is 16.3. The van der Waals surface area contributed by atoms with E-state index in [9.17, 15) is 5.11 Å².